The zero-order chi connectivity index (χ0) is 61.3. The van der Waals surface area contributed by atoms with Crippen LogP contribution in [0.3, 0.4) is 0 Å². The highest BCUT2D eigenvalue weighted by Gasteiger charge is 2.53. The predicted octanol–water partition coefficient (Wildman–Crippen LogP) is 9.05. The maximum Gasteiger partial charge on any atom is 0.329 e. The van der Waals surface area contributed by atoms with Crippen LogP contribution in [0, 0.1) is 47.8 Å². The highest BCUT2D eigenvalue weighted by molar-refractivity contribution is 6.39. The summed E-state index contributed by atoms with van der Waals surface area (Å²) in [7, 11) is 6.13. The molecular weight excluding hydrogens is 1070 g/mol. The molecule has 464 valence electrons. The van der Waals surface area contributed by atoms with E-state index in [0.29, 0.717) is 70.0 Å². The average molecular weight is 1160 g/mol. The minimum atomic E-state index is -2.47. The van der Waals surface area contributed by atoms with Crippen molar-refractivity contribution in [1.82, 2.24) is 4.90 Å². The monoisotopic (exact) mass is 1160 g/mol. The van der Waals surface area contributed by atoms with E-state index in [0.717, 1.165) is 22.4 Å². The van der Waals surface area contributed by atoms with Crippen molar-refractivity contribution in [3.05, 3.63) is 76.9 Å². The third-order valence-electron chi connectivity index (χ3n) is 17.3. The topological polar surface area (TPSA) is 229 Å². The number of hydrogen-bond acceptors (Lipinski definition) is 17. The molecule has 0 saturated carbocycles. The lowest BCUT2D eigenvalue weighted by Crippen LogP contribution is -2.61. The molecule has 0 aliphatic carbocycles. The molecule has 2 bridgehead atoms. The molecule has 18 heteroatoms. The molecule has 14 atom stereocenters. The van der Waals surface area contributed by atoms with Crippen LogP contribution in [0.25, 0.3) is 0 Å². The number of methoxy groups -OCH3 is 4. The Labute approximate surface area is 493 Å². The second kappa shape index (κ2) is 32.0. The Morgan fingerprint density at radius 3 is 2.23 bits per heavy atom. The summed E-state index contributed by atoms with van der Waals surface area (Å²) in [5.41, 5.74) is 1.90. The number of nitrogens with zero attached hydrogens (tertiary/aromatic N) is 1. The Morgan fingerprint density at radius 2 is 1.58 bits per heavy atom. The molecule has 14 unspecified atom stereocenters. The minimum absolute atomic E-state index is 0.00885. The lowest BCUT2D eigenvalue weighted by molar-refractivity contribution is -0.265. The molecule has 3 fully saturated rings. The highest BCUT2D eigenvalue weighted by atomic mass is 16.7. The normalized spacial score (nSPS) is 34.9. The van der Waals surface area contributed by atoms with Gasteiger partial charge in [0.05, 0.1) is 38.6 Å². The molecule has 2 N–H and O–H groups in total. The third kappa shape index (κ3) is 18.5. The number of aliphatic hydroxyl groups is 2. The summed E-state index contributed by atoms with van der Waals surface area (Å²) in [6.07, 6.45) is 9.29. The van der Waals surface area contributed by atoms with Gasteiger partial charge in [0.25, 0.3) is 11.7 Å². The molecule has 0 spiro atoms. The third-order valence-corrected chi connectivity index (χ3v) is 17.3. The number of ketones is 3. The summed E-state index contributed by atoms with van der Waals surface area (Å²) >= 11 is 0. The van der Waals surface area contributed by atoms with Gasteiger partial charge in [0.1, 0.15) is 41.3 Å². The summed E-state index contributed by atoms with van der Waals surface area (Å²) in [5, 5.41) is 23.7. The molecule has 83 heavy (non-hydrogen) atoms. The first-order chi connectivity index (χ1) is 39.3. The van der Waals surface area contributed by atoms with Crippen LogP contribution < -0.4 is 4.74 Å². The summed E-state index contributed by atoms with van der Waals surface area (Å²) < 4.78 is 53.2. The number of carbonyl (C=O) groups is 6. The number of cyclic esters (lactones) is 1. The average Bonchev–Trinajstić information content (AvgIpc) is 3.64. The van der Waals surface area contributed by atoms with Crippen molar-refractivity contribution in [3.8, 4) is 5.75 Å². The van der Waals surface area contributed by atoms with E-state index in [9.17, 15) is 39.0 Å². The number of amides is 1. The number of rotatable bonds is 14. The maximum absolute atomic E-state index is 14.7. The summed E-state index contributed by atoms with van der Waals surface area (Å²) in [6.45, 7) is 18.6. The Bertz CT molecular complexity index is 2480. The number of aryl methyl sites for hydroxylation is 1. The van der Waals surface area contributed by atoms with Gasteiger partial charge in [-0.1, -0.05) is 77.1 Å². The Morgan fingerprint density at radius 1 is 0.867 bits per heavy atom. The van der Waals surface area contributed by atoms with Gasteiger partial charge >= 0.3 is 11.9 Å². The zero-order valence-corrected chi connectivity index (χ0v) is 51.9. The molecule has 4 aliphatic rings. The number of ether oxygens (including phenoxy) is 9. The van der Waals surface area contributed by atoms with Crippen LogP contribution in [0.4, 0.5) is 0 Å². The van der Waals surface area contributed by atoms with Crippen LogP contribution in [0.15, 0.2) is 65.8 Å². The number of carbonyl (C=O) groups excluding carboxylic acids is 6. The Kier molecular flexibility index (Phi) is 26.5. The van der Waals surface area contributed by atoms with Crippen molar-refractivity contribution in [2.75, 3.05) is 54.8 Å². The van der Waals surface area contributed by atoms with Gasteiger partial charge in [-0.2, -0.15) is 0 Å². The van der Waals surface area contributed by atoms with E-state index >= 15 is 0 Å². The molecule has 18 nitrogen and oxygen atoms in total. The first kappa shape index (κ1) is 68.9. The first-order valence-corrected chi connectivity index (χ1v) is 29.8. The van der Waals surface area contributed by atoms with E-state index in [4.69, 9.17) is 42.6 Å². The van der Waals surface area contributed by atoms with E-state index in [1.165, 1.54) is 12.0 Å². The van der Waals surface area contributed by atoms with Crippen molar-refractivity contribution in [2.24, 2.45) is 40.9 Å². The van der Waals surface area contributed by atoms with Crippen LogP contribution in [-0.4, -0.2) is 154 Å². The van der Waals surface area contributed by atoms with Crippen molar-refractivity contribution in [3.63, 3.8) is 0 Å². The van der Waals surface area contributed by atoms with Gasteiger partial charge < -0.3 is 57.7 Å². The molecule has 5 rings (SSSR count). The number of aliphatic hydroxyl groups excluding tert-OH is 1. The number of benzene rings is 1. The highest BCUT2D eigenvalue weighted by Crippen LogP contribution is 2.38. The molecule has 4 heterocycles. The fourth-order valence-corrected chi connectivity index (χ4v) is 11.8. The zero-order valence-electron chi connectivity index (χ0n) is 51.9. The SMILES string of the molecule is COCC(CCC(C)OC(=O)C1(C)COC(c2ccc(OC)c(C)c2)OC1)CC(C)C1CC(=O)C(C)/C=C(\C)C(O)C(OC)C(=O)C(C)CC(C)/C=C/C=C/C=C(\C)C(OC)CC2CCC(C)C(O)(O2)C(=O)C(=O)N2CCCCC2C(=O)O1. The number of allylic oxidation sites excluding steroid dienone is 6. The summed E-state index contributed by atoms with van der Waals surface area (Å²) in [4.78, 5) is 86.7. The maximum atomic E-state index is 14.7. The van der Waals surface area contributed by atoms with Crippen molar-refractivity contribution >= 4 is 35.2 Å². The van der Waals surface area contributed by atoms with Gasteiger partial charge in [0.15, 0.2) is 12.1 Å². The second-order valence-electron chi connectivity index (χ2n) is 24.4. The van der Waals surface area contributed by atoms with E-state index in [-0.39, 0.29) is 56.0 Å². The number of Topliss-reactive ketones (excluding diaryl/α,β-unsaturated/α-hetero) is 3. The second-order valence-corrected chi connectivity index (χ2v) is 24.4. The number of fused-ring (bicyclic) bond motifs is 3. The first-order valence-electron chi connectivity index (χ1n) is 29.8. The van der Waals surface area contributed by atoms with E-state index in [1.54, 1.807) is 62.0 Å². The number of hydrogen-bond donors (Lipinski definition) is 2. The van der Waals surface area contributed by atoms with Gasteiger partial charge in [-0.25, -0.2) is 4.79 Å². The molecule has 4 aliphatic heterocycles. The molecule has 0 radical (unpaired) electrons. The minimum Gasteiger partial charge on any atom is -0.496 e. The molecule has 1 aromatic carbocycles. The largest absolute Gasteiger partial charge is 0.496 e. The Balaban J connectivity index is 1.39. The molecule has 0 aromatic heterocycles. The van der Waals surface area contributed by atoms with Gasteiger partial charge in [0.2, 0.25) is 5.79 Å². The van der Waals surface area contributed by atoms with Crippen LogP contribution in [0.2, 0.25) is 0 Å². The van der Waals surface area contributed by atoms with Crippen LogP contribution in [0.5, 0.6) is 5.75 Å². The smallest absolute Gasteiger partial charge is 0.329 e. The summed E-state index contributed by atoms with van der Waals surface area (Å²) in [6, 6.07) is 4.44. The van der Waals surface area contributed by atoms with Crippen molar-refractivity contribution < 1.29 is 81.6 Å². The lowest BCUT2D eigenvalue weighted by atomic mass is 9.84. The quantitative estimate of drug-likeness (QED) is 0.101. The lowest BCUT2D eigenvalue weighted by Gasteiger charge is -2.42. The van der Waals surface area contributed by atoms with Crippen LogP contribution in [-0.2, 0) is 66.7 Å². The van der Waals surface area contributed by atoms with Gasteiger partial charge in [0, 0.05) is 70.6 Å². The number of piperidine rings is 1. The van der Waals surface area contributed by atoms with E-state index in [1.807, 2.05) is 83.2 Å². The Hall–Kier alpha value is -4.92. The molecule has 3 saturated heterocycles. The predicted molar refractivity (Wildman–Crippen MR) is 312 cm³/mol. The van der Waals surface area contributed by atoms with Gasteiger partial charge in [-0.05, 0) is 139 Å². The van der Waals surface area contributed by atoms with Crippen molar-refractivity contribution in [1.29, 1.82) is 0 Å². The summed E-state index contributed by atoms with van der Waals surface area (Å²) in [5.74, 6) is -8.49. The molecule has 1 amide bonds. The van der Waals surface area contributed by atoms with Crippen molar-refractivity contribution in [2.45, 2.75) is 195 Å². The fraction of sp³-hybridized carbons (Fsp3) is 0.692. The van der Waals surface area contributed by atoms with Crippen LogP contribution in [0.1, 0.15) is 150 Å². The standard InChI is InChI=1S/C65H97NO17/c1-39-20-16-15-17-21-40(2)54(77-13)34-50-27-23-46(8)65(74,83-50)59(70)60(71)66-29-19-18-22-51(66)61(72)82-55(35-52(67)41(3)31-45(7)57(69)58(78-14)56(68)44(6)30-39)42(4)32-48(36-75-11)25-24-47(9)81-63(73)64(10)37-79-62(80-38-64)49-26-28-53(76-12)43(5)33-49/h15-17,20-21,26,28,31,33,39,41-42,44,46-48,50-51,54-55,57-58,62,69,74H,18-19,22-25,27,29-30,32,34-38H2,1-14H3/b17-15+,20-16+,40-21+,45-31+. The molecule has 1 aromatic rings. The molecular formula is C65H97NO17. The van der Waals surface area contributed by atoms with E-state index < -0.39 is 107 Å². The van der Waals surface area contributed by atoms with Gasteiger partial charge in [-0.15, -0.1) is 0 Å². The van der Waals surface area contributed by atoms with Gasteiger partial charge in [-0.3, -0.25) is 24.0 Å². The van der Waals surface area contributed by atoms with E-state index in [2.05, 4.69) is 0 Å². The fourth-order valence-electron chi connectivity index (χ4n) is 11.8. The van der Waals surface area contributed by atoms with Crippen LogP contribution >= 0.6 is 0 Å². The number of esters is 2.